The highest BCUT2D eigenvalue weighted by Crippen LogP contribution is 2.52. The number of allylic oxidation sites excluding steroid dienone is 1. The summed E-state index contributed by atoms with van der Waals surface area (Å²) in [6.07, 6.45) is 4.37. The Balaban J connectivity index is 1.90. The second-order valence-electron chi connectivity index (χ2n) is 6.68. The van der Waals surface area contributed by atoms with E-state index in [1.54, 1.807) is 12.1 Å². The highest BCUT2D eigenvalue weighted by Gasteiger charge is 2.51. The second kappa shape index (κ2) is 7.65. The Labute approximate surface area is 157 Å². The molecule has 1 saturated carbocycles. The van der Waals surface area contributed by atoms with E-state index in [0.717, 1.165) is 24.8 Å². The zero-order valence-electron chi connectivity index (χ0n) is 14.3. The third-order valence-electron chi connectivity index (χ3n) is 5.23. The molecular formula is C20H18N4OS. The lowest BCUT2D eigenvalue weighted by Gasteiger charge is -2.43. The molecule has 3 rings (SSSR count). The van der Waals surface area contributed by atoms with E-state index in [1.165, 1.54) is 11.8 Å². The van der Waals surface area contributed by atoms with Gasteiger partial charge in [0.1, 0.15) is 5.92 Å². The van der Waals surface area contributed by atoms with Crippen molar-refractivity contribution in [2.24, 2.45) is 11.3 Å². The summed E-state index contributed by atoms with van der Waals surface area (Å²) in [5.41, 5.74) is 1.52. The van der Waals surface area contributed by atoms with E-state index >= 15 is 0 Å². The molecule has 0 unspecified atom stereocenters. The Morgan fingerprint density at radius 2 is 1.77 bits per heavy atom. The molecular weight excluding hydrogens is 344 g/mol. The van der Waals surface area contributed by atoms with Crippen LogP contribution in [0.1, 0.15) is 43.2 Å². The van der Waals surface area contributed by atoms with E-state index in [0.29, 0.717) is 34.8 Å². The molecule has 1 aromatic carbocycles. The number of nitrogens with one attached hydrogen (secondary N) is 1. The second-order valence-corrected chi connectivity index (χ2v) is 7.67. The lowest BCUT2D eigenvalue weighted by Crippen LogP contribution is -2.48. The largest absolute Gasteiger partial charge is 0.319 e. The van der Waals surface area contributed by atoms with Crippen molar-refractivity contribution in [3.8, 4) is 18.2 Å². The van der Waals surface area contributed by atoms with Gasteiger partial charge in [0.25, 0.3) is 0 Å². The molecule has 1 heterocycles. The number of nitrogens with zero attached hydrogens (tertiary/aromatic N) is 3. The Morgan fingerprint density at radius 1 is 1.08 bits per heavy atom. The van der Waals surface area contributed by atoms with E-state index in [1.807, 2.05) is 12.1 Å². The maximum atomic E-state index is 12.5. The number of hydrogen-bond acceptors (Lipinski definition) is 5. The average Bonchev–Trinajstić information content (AvgIpc) is 2.67. The van der Waals surface area contributed by atoms with Crippen molar-refractivity contribution in [3.63, 3.8) is 0 Å². The van der Waals surface area contributed by atoms with Gasteiger partial charge in [-0.3, -0.25) is 4.79 Å². The first kappa shape index (κ1) is 18.1. The third-order valence-corrected chi connectivity index (χ3v) is 6.30. The number of carbonyl (C=O) groups excluding carboxylic acids is 1. The van der Waals surface area contributed by atoms with Gasteiger partial charge in [0.05, 0.1) is 34.4 Å². The van der Waals surface area contributed by atoms with Crippen LogP contribution in [0.2, 0.25) is 0 Å². The molecule has 0 radical (unpaired) electrons. The topological polar surface area (TPSA) is 100 Å². The molecule has 6 heteroatoms. The Bertz CT molecular complexity index is 861. The van der Waals surface area contributed by atoms with E-state index in [-0.39, 0.29) is 5.91 Å². The number of carbonyl (C=O) groups is 1. The molecule has 1 N–H and O–H groups in total. The van der Waals surface area contributed by atoms with Gasteiger partial charge >= 0.3 is 0 Å². The highest BCUT2D eigenvalue weighted by atomic mass is 32.2. The minimum Gasteiger partial charge on any atom is -0.319 e. The fourth-order valence-corrected chi connectivity index (χ4v) is 4.94. The molecule has 1 spiro atoms. The average molecular weight is 362 g/mol. The lowest BCUT2D eigenvalue weighted by atomic mass is 9.61. The van der Waals surface area contributed by atoms with Gasteiger partial charge in [-0.25, -0.2) is 0 Å². The summed E-state index contributed by atoms with van der Waals surface area (Å²) in [5.74, 6) is -0.507. The van der Waals surface area contributed by atoms with E-state index in [2.05, 4.69) is 23.5 Å². The number of thioether (sulfide) groups is 1. The van der Waals surface area contributed by atoms with Crippen molar-refractivity contribution < 1.29 is 4.79 Å². The maximum Gasteiger partial charge on any atom is 0.243 e. The summed E-state index contributed by atoms with van der Waals surface area (Å²) in [6.45, 7) is 0. The molecule has 26 heavy (non-hydrogen) atoms. The van der Waals surface area contributed by atoms with Gasteiger partial charge in [0.2, 0.25) is 5.91 Å². The molecule has 1 aliphatic heterocycles. The van der Waals surface area contributed by atoms with Gasteiger partial charge in [-0.1, -0.05) is 31.4 Å². The molecule has 1 aromatic rings. The molecule has 130 valence electrons. The monoisotopic (exact) mass is 362 g/mol. The Morgan fingerprint density at radius 3 is 2.35 bits per heavy atom. The third kappa shape index (κ3) is 3.19. The SMILES string of the molecule is N#CC1=C(SCc2ccc(C#N)cc2)NC(=O)[C@H](C#N)C12CCCCC2. The van der Waals surface area contributed by atoms with Gasteiger partial charge in [-0.15, -0.1) is 11.8 Å². The van der Waals surface area contributed by atoms with Gasteiger partial charge in [0.15, 0.2) is 0 Å². The van der Waals surface area contributed by atoms with Crippen molar-refractivity contribution >= 4 is 17.7 Å². The molecule has 1 aliphatic carbocycles. The lowest BCUT2D eigenvalue weighted by molar-refractivity contribution is -0.126. The van der Waals surface area contributed by atoms with Crippen LogP contribution in [0.25, 0.3) is 0 Å². The van der Waals surface area contributed by atoms with Crippen molar-refractivity contribution in [1.29, 1.82) is 15.8 Å². The number of nitriles is 3. The summed E-state index contributed by atoms with van der Waals surface area (Å²) < 4.78 is 0. The van der Waals surface area contributed by atoms with Crippen LogP contribution in [-0.4, -0.2) is 5.91 Å². The molecule has 1 fully saturated rings. The minimum atomic E-state index is -0.795. The normalized spacial score (nSPS) is 21.4. The molecule has 1 amide bonds. The molecule has 5 nitrogen and oxygen atoms in total. The first-order chi connectivity index (χ1) is 12.6. The van der Waals surface area contributed by atoms with Crippen LogP contribution in [0.3, 0.4) is 0 Å². The summed E-state index contributed by atoms with van der Waals surface area (Å²) in [6, 6.07) is 13.8. The zero-order chi connectivity index (χ0) is 18.6. The minimum absolute atomic E-state index is 0.296. The summed E-state index contributed by atoms with van der Waals surface area (Å²) in [5, 5.41) is 31.6. The first-order valence-corrected chi connectivity index (χ1v) is 9.60. The summed E-state index contributed by atoms with van der Waals surface area (Å²) >= 11 is 1.41. The van der Waals surface area contributed by atoms with Gasteiger partial charge in [-0.05, 0) is 30.5 Å². The van der Waals surface area contributed by atoms with Crippen molar-refractivity contribution in [3.05, 3.63) is 46.0 Å². The first-order valence-electron chi connectivity index (χ1n) is 8.62. The smallest absolute Gasteiger partial charge is 0.243 e. The van der Waals surface area contributed by atoms with Crippen LogP contribution in [-0.2, 0) is 10.5 Å². The summed E-state index contributed by atoms with van der Waals surface area (Å²) in [7, 11) is 0. The predicted octanol–water partition coefficient (Wildman–Crippen LogP) is 3.75. The highest BCUT2D eigenvalue weighted by molar-refractivity contribution is 8.02. The van der Waals surface area contributed by atoms with Crippen molar-refractivity contribution in [2.75, 3.05) is 0 Å². The molecule has 1 atom stereocenters. The standard InChI is InChI=1S/C20H18N4OS/c21-10-14-4-6-15(7-5-14)13-26-19-17(12-23)20(8-2-1-3-9-20)16(11-22)18(25)24-19/h4-7,16H,1-3,8-9,13H2,(H,24,25)/t16-/m0/s1. The van der Waals surface area contributed by atoms with Crippen LogP contribution >= 0.6 is 11.8 Å². The Hall–Kier alpha value is -2.75. The van der Waals surface area contributed by atoms with Crippen molar-refractivity contribution in [1.82, 2.24) is 5.32 Å². The fraction of sp³-hybridized carbons (Fsp3) is 0.400. The predicted molar refractivity (Wildman–Crippen MR) is 97.9 cm³/mol. The van der Waals surface area contributed by atoms with Crippen LogP contribution in [0.15, 0.2) is 34.9 Å². The molecule has 2 aliphatic rings. The molecule has 0 bridgehead atoms. The number of hydrogen-bond donors (Lipinski definition) is 1. The fourth-order valence-electron chi connectivity index (χ4n) is 3.87. The van der Waals surface area contributed by atoms with Crippen LogP contribution in [0.4, 0.5) is 0 Å². The van der Waals surface area contributed by atoms with Crippen LogP contribution < -0.4 is 5.32 Å². The van der Waals surface area contributed by atoms with Gasteiger partial charge in [0, 0.05) is 11.2 Å². The number of rotatable bonds is 3. The van der Waals surface area contributed by atoms with E-state index in [9.17, 15) is 15.3 Å². The number of amides is 1. The van der Waals surface area contributed by atoms with E-state index in [4.69, 9.17) is 5.26 Å². The Kier molecular flexibility index (Phi) is 5.31. The van der Waals surface area contributed by atoms with Gasteiger partial charge < -0.3 is 5.32 Å². The maximum absolute atomic E-state index is 12.5. The number of benzene rings is 1. The summed E-state index contributed by atoms with van der Waals surface area (Å²) in [4.78, 5) is 12.5. The molecule has 0 aromatic heterocycles. The zero-order valence-corrected chi connectivity index (χ0v) is 15.1. The van der Waals surface area contributed by atoms with Gasteiger partial charge in [-0.2, -0.15) is 15.8 Å². The van der Waals surface area contributed by atoms with Crippen LogP contribution in [0, 0.1) is 45.3 Å². The quantitative estimate of drug-likeness (QED) is 0.882. The van der Waals surface area contributed by atoms with Crippen LogP contribution in [0.5, 0.6) is 0 Å². The molecule has 0 saturated heterocycles. The van der Waals surface area contributed by atoms with Crippen molar-refractivity contribution in [2.45, 2.75) is 37.9 Å². The van der Waals surface area contributed by atoms with E-state index < -0.39 is 11.3 Å².